The number of fused-ring (bicyclic) bond motifs is 4. The van der Waals surface area contributed by atoms with Crippen molar-refractivity contribution in [3.8, 4) is 0 Å². The van der Waals surface area contributed by atoms with Crippen LogP contribution in [-0.2, 0) is 36.7 Å². The number of nitrogens with two attached hydrogens (primary N) is 2. The minimum Gasteiger partial charge on any atom is -0.756 e. The second-order valence-corrected chi connectivity index (χ2v) is 14.1. The van der Waals surface area contributed by atoms with E-state index in [0.717, 1.165) is 0 Å². The lowest BCUT2D eigenvalue weighted by Gasteiger charge is -2.31. The molecule has 254 valence electrons. The van der Waals surface area contributed by atoms with E-state index >= 15 is 0 Å². The summed E-state index contributed by atoms with van der Waals surface area (Å²) in [5.74, 6) is -1.90. The van der Waals surface area contributed by atoms with E-state index in [-0.39, 0.29) is 40.6 Å². The van der Waals surface area contributed by atoms with Crippen molar-refractivity contribution in [2.75, 3.05) is 24.7 Å². The molecule has 4 aromatic heterocycles. The number of nitrogens with one attached hydrogen (secondary N) is 2. The maximum Gasteiger partial charge on any atom is 0.280 e. The number of aromatic amines is 2. The Morgan fingerprint density at radius 1 is 0.809 bits per heavy atom. The Morgan fingerprint density at radius 3 is 1.81 bits per heavy atom. The fraction of sp³-hybridized carbons (Fsp3) is 0.565. The van der Waals surface area contributed by atoms with Crippen LogP contribution in [0.5, 0.6) is 0 Å². The number of hydrogen-bond donors (Lipinski definition) is 4. The van der Waals surface area contributed by atoms with E-state index in [9.17, 15) is 28.5 Å². The Morgan fingerprint density at radius 2 is 1.28 bits per heavy atom. The Kier molecular flexibility index (Phi) is 7.87. The molecule has 0 bridgehead atoms. The smallest absolute Gasteiger partial charge is 0.280 e. The summed E-state index contributed by atoms with van der Waals surface area (Å²) >= 11 is 0. The number of aromatic nitrogens is 8. The Labute approximate surface area is 262 Å². The number of nitrogen functional groups attached to an aromatic ring is 2. The van der Waals surface area contributed by atoms with Gasteiger partial charge in [-0.2, -0.15) is 9.97 Å². The molecular weight excluding hydrogens is 670 g/mol. The lowest BCUT2D eigenvalue weighted by molar-refractivity contribution is -0.235. The summed E-state index contributed by atoms with van der Waals surface area (Å²) in [6, 6.07) is 0. The summed E-state index contributed by atoms with van der Waals surface area (Å²) in [6.45, 7) is 2.02. The second kappa shape index (κ2) is 11.5. The van der Waals surface area contributed by atoms with Crippen molar-refractivity contribution in [2.45, 2.75) is 57.1 Å². The van der Waals surface area contributed by atoms with Gasteiger partial charge in [-0.1, -0.05) is 13.8 Å². The molecule has 0 radical (unpaired) electrons. The summed E-state index contributed by atoms with van der Waals surface area (Å²) in [4.78, 5) is 71.9. The maximum atomic E-state index is 13.2. The van der Waals surface area contributed by atoms with E-state index in [1.165, 1.54) is 21.8 Å². The van der Waals surface area contributed by atoms with Gasteiger partial charge in [0.15, 0.2) is 22.3 Å². The number of rotatable bonds is 2. The fourth-order valence-corrected chi connectivity index (χ4v) is 8.19. The first-order valence-electron chi connectivity index (χ1n) is 14.2. The molecule has 0 amide bonds. The molecule has 4 aromatic rings. The third-order valence-corrected chi connectivity index (χ3v) is 10.3. The van der Waals surface area contributed by atoms with E-state index in [1.54, 1.807) is 13.8 Å². The van der Waals surface area contributed by atoms with Crippen LogP contribution in [-0.4, -0.2) is 76.7 Å². The first kappa shape index (κ1) is 32.0. The molecular formula is C23H28N10O12P2-2. The van der Waals surface area contributed by atoms with Crippen LogP contribution in [0.25, 0.3) is 22.3 Å². The van der Waals surface area contributed by atoms with E-state index in [2.05, 4.69) is 29.9 Å². The molecule has 24 heteroatoms. The Bertz CT molecular complexity index is 2070. The molecule has 6 N–H and O–H groups in total. The molecule has 3 aliphatic heterocycles. The number of phosphoric ester groups is 2. The zero-order valence-electron chi connectivity index (χ0n) is 24.5. The molecule has 0 spiro atoms. The van der Waals surface area contributed by atoms with E-state index in [0.29, 0.717) is 0 Å². The summed E-state index contributed by atoms with van der Waals surface area (Å²) in [5, 5.41) is 0. The number of phosphoric acid groups is 2. The molecule has 7 heterocycles. The van der Waals surface area contributed by atoms with Gasteiger partial charge in [-0.05, 0) is 0 Å². The first-order chi connectivity index (χ1) is 22.2. The van der Waals surface area contributed by atoms with Crippen molar-refractivity contribution >= 4 is 49.9 Å². The predicted octanol–water partition coefficient (Wildman–Crippen LogP) is -1.37. The lowest BCUT2D eigenvalue weighted by Crippen LogP contribution is -2.34. The Hall–Kier alpha value is -3.56. The average Bonchev–Trinajstić information content (AvgIpc) is 3.73. The van der Waals surface area contributed by atoms with Crippen molar-refractivity contribution in [3.05, 3.63) is 33.4 Å². The van der Waals surface area contributed by atoms with Gasteiger partial charge in [-0.25, -0.2) is 9.97 Å². The normalized spacial score (nSPS) is 36.9. The quantitative estimate of drug-likeness (QED) is 0.175. The van der Waals surface area contributed by atoms with Crippen LogP contribution >= 0.6 is 15.6 Å². The van der Waals surface area contributed by atoms with Gasteiger partial charge in [0.05, 0.1) is 38.1 Å². The molecule has 4 unspecified atom stereocenters. The molecule has 0 saturated carbocycles. The lowest BCUT2D eigenvalue weighted by atomic mass is 10.0. The molecule has 22 nitrogen and oxygen atoms in total. The largest absolute Gasteiger partial charge is 0.756 e. The number of ether oxygens (including phenoxy) is 2. The average molecular weight is 698 g/mol. The van der Waals surface area contributed by atoms with Crippen LogP contribution in [0, 0.1) is 11.8 Å². The minimum atomic E-state index is -5.12. The summed E-state index contributed by atoms with van der Waals surface area (Å²) in [6.07, 6.45) is -4.46. The van der Waals surface area contributed by atoms with Gasteiger partial charge >= 0.3 is 0 Å². The predicted molar refractivity (Wildman–Crippen MR) is 153 cm³/mol. The van der Waals surface area contributed by atoms with Crippen molar-refractivity contribution in [3.63, 3.8) is 0 Å². The van der Waals surface area contributed by atoms with Crippen molar-refractivity contribution in [1.29, 1.82) is 0 Å². The zero-order chi connectivity index (χ0) is 33.4. The third-order valence-electron chi connectivity index (χ3n) is 8.30. The minimum absolute atomic E-state index is 0.0305. The van der Waals surface area contributed by atoms with Gasteiger partial charge in [-0.3, -0.25) is 37.8 Å². The molecule has 3 fully saturated rings. The summed E-state index contributed by atoms with van der Waals surface area (Å²) in [5.41, 5.74) is 10.2. The molecule has 0 aromatic carbocycles. The number of hydrogen-bond acceptors (Lipinski definition) is 18. The van der Waals surface area contributed by atoms with Crippen molar-refractivity contribution < 1.29 is 46.5 Å². The van der Waals surface area contributed by atoms with E-state index < -0.39 is 88.7 Å². The molecule has 3 saturated heterocycles. The number of H-pyrrole nitrogens is 2. The van der Waals surface area contributed by atoms with Gasteiger partial charge in [0, 0.05) is 18.3 Å². The van der Waals surface area contributed by atoms with Crippen LogP contribution in [0.4, 0.5) is 11.9 Å². The fourth-order valence-electron chi connectivity index (χ4n) is 6.16. The summed E-state index contributed by atoms with van der Waals surface area (Å²) < 4.78 is 62.5. The highest BCUT2D eigenvalue weighted by Crippen LogP contribution is 2.52. The SMILES string of the molecule is C[C@H]1C2OP(=O)([O-])OC[C@H]3O[C@@H](n4cnc5c(=O)[nH]c(N)nc54)[C@@H](C)C3OP(=O)([O-])OCC[C@H]2O[C@H]1n1cnc2c(=O)[nH]c(N)nc21. The topological polar surface area (TPSA) is 315 Å². The van der Waals surface area contributed by atoms with E-state index in [1.807, 2.05) is 0 Å². The molecule has 10 atom stereocenters. The van der Waals surface area contributed by atoms with Gasteiger partial charge in [-0.15, -0.1) is 0 Å². The van der Waals surface area contributed by atoms with Crippen LogP contribution in [0.1, 0.15) is 32.7 Å². The van der Waals surface area contributed by atoms with Gasteiger partial charge in [0.25, 0.3) is 26.8 Å². The second-order valence-electron chi connectivity index (χ2n) is 11.4. The van der Waals surface area contributed by atoms with Gasteiger partial charge in [0.1, 0.15) is 24.7 Å². The molecule has 0 aliphatic carbocycles. The highest BCUT2D eigenvalue weighted by molar-refractivity contribution is 7.46. The number of imidazole rings is 2. The number of anilines is 2. The molecule has 7 rings (SSSR count). The van der Waals surface area contributed by atoms with Crippen LogP contribution in [0.3, 0.4) is 0 Å². The van der Waals surface area contributed by atoms with Crippen molar-refractivity contribution in [2.24, 2.45) is 11.8 Å². The summed E-state index contributed by atoms with van der Waals surface area (Å²) in [7, 11) is -10.2. The van der Waals surface area contributed by atoms with Gasteiger partial charge in [0.2, 0.25) is 11.9 Å². The van der Waals surface area contributed by atoms with Crippen LogP contribution in [0.2, 0.25) is 0 Å². The Balaban J connectivity index is 1.17. The highest BCUT2D eigenvalue weighted by Gasteiger charge is 2.49. The first-order valence-corrected chi connectivity index (χ1v) is 17.2. The van der Waals surface area contributed by atoms with Gasteiger partial charge < -0.3 is 48.8 Å². The van der Waals surface area contributed by atoms with Crippen LogP contribution < -0.4 is 32.4 Å². The molecule has 3 aliphatic rings. The van der Waals surface area contributed by atoms with Crippen LogP contribution in [0.15, 0.2) is 22.2 Å². The monoisotopic (exact) mass is 698 g/mol. The van der Waals surface area contributed by atoms with E-state index in [4.69, 9.17) is 39.0 Å². The number of nitrogens with zero attached hydrogens (tertiary/aromatic N) is 6. The maximum absolute atomic E-state index is 13.2. The zero-order valence-corrected chi connectivity index (χ0v) is 26.3. The third kappa shape index (κ3) is 5.79. The standard InChI is InChI=1S/C23H30N10O12P2/c1-8-14-10(42-20(8)32-6-26-12-16(32)28-22(24)30-18(12)34)3-4-40-46(36,37)45-15-9(2)21(43-11(15)5-41-47(38,39)44-14)33-7-27-13-17(33)29-23(25)31-19(13)35/h6-11,14-15,20-21H,3-5H2,1-2H3,(H,36,37)(H,38,39)(H3,24,28,30,34)(H3,25,29,31,35)/p-2/t8-,9-,10+,11+,14?,15?,20+,21+/m0/s1. The molecule has 47 heavy (non-hydrogen) atoms. The highest BCUT2D eigenvalue weighted by atomic mass is 31.2. The van der Waals surface area contributed by atoms with Crippen molar-refractivity contribution in [1.82, 2.24) is 39.0 Å².